The van der Waals surface area contributed by atoms with Crippen LogP contribution in [0, 0.1) is 5.41 Å². The molecule has 5 nitrogen and oxygen atoms in total. The molecule has 1 N–H and O–H groups in total. The van der Waals surface area contributed by atoms with E-state index in [4.69, 9.17) is 9.47 Å². The number of rotatable bonds is 8. The number of ketones is 1. The number of hydrogen-bond donors (Lipinski definition) is 1. The molecule has 0 radical (unpaired) electrons. The molecule has 0 aliphatic heterocycles. The molecule has 2 aromatic rings. The standard InChI is InChI=1S/C22H26O5/c1-22(2,3)12-11-20(24)27-14-13-26-17-9-10-18(19(23)15-17)21(25)16-7-5-4-6-8-16/h4-10,15,23H,11-14H2,1-3H3. The largest absolute Gasteiger partial charge is 0.507 e. The summed E-state index contributed by atoms with van der Waals surface area (Å²) < 4.78 is 10.6. The molecule has 5 heteroatoms. The van der Waals surface area contributed by atoms with Gasteiger partial charge in [0.25, 0.3) is 0 Å². The third kappa shape index (κ3) is 6.77. The highest BCUT2D eigenvalue weighted by molar-refractivity contribution is 6.10. The fraction of sp³-hybridized carbons (Fsp3) is 0.364. The number of benzene rings is 2. The second kappa shape index (κ2) is 9.21. The minimum Gasteiger partial charge on any atom is -0.507 e. The van der Waals surface area contributed by atoms with Gasteiger partial charge in [0.1, 0.15) is 24.7 Å². The van der Waals surface area contributed by atoms with Crippen molar-refractivity contribution in [3.63, 3.8) is 0 Å². The van der Waals surface area contributed by atoms with Crippen molar-refractivity contribution in [2.24, 2.45) is 5.41 Å². The molecule has 0 atom stereocenters. The lowest BCUT2D eigenvalue weighted by Crippen LogP contribution is -2.15. The summed E-state index contributed by atoms with van der Waals surface area (Å²) in [5.74, 6) is -0.251. The SMILES string of the molecule is CC(C)(C)CCC(=O)OCCOc1ccc(C(=O)c2ccccc2)c(O)c1. The van der Waals surface area contributed by atoms with Crippen LogP contribution in [0.2, 0.25) is 0 Å². The molecule has 0 heterocycles. The van der Waals surface area contributed by atoms with Gasteiger partial charge < -0.3 is 14.6 Å². The first-order chi connectivity index (χ1) is 12.8. The van der Waals surface area contributed by atoms with Crippen LogP contribution in [0.5, 0.6) is 11.5 Å². The van der Waals surface area contributed by atoms with E-state index in [0.717, 1.165) is 6.42 Å². The lowest BCUT2D eigenvalue weighted by molar-refractivity contribution is -0.145. The number of carbonyl (C=O) groups excluding carboxylic acids is 2. The summed E-state index contributed by atoms with van der Waals surface area (Å²) in [7, 11) is 0. The highest BCUT2D eigenvalue weighted by atomic mass is 16.6. The lowest BCUT2D eigenvalue weighted by atomic mass is 9.91. The molecule has 0 unspecified atom stereocenters. The average Bonchev–Trinajstić information content (AvgIpc) is 2.63. The van der Waals surface area contributed by atoms with Crippen molar-refractivity contribution in [2.75, 3.05) is 13.2 Å². The second-order valence-electron chi connectivity index (χ2n) is 7.50. The van der Waals surface area contributed by atoms with Crippen LogP contribution in [0.1, 0.15) is 49.5 Å². The fourth-order valence-corrected chi connectivity index (χ4v) is 2.40. The van der Waals surface area contributed by atoms with Crippen molar-refractivity contribution < 1.29 is 24.2 Å². The molecule has 0 aliphatic carbocycles. The molecule has 0 saturated carbocycles. The number of ether oxygens (including phenoxy) is 2. The van der Waals surface area contributed by atoms with E-state index >= 15 is 0 Å². The van der Waals surface area contributed by atoms with E-state index in [9.17, 15) is 14.7 Å². The van der Waals surface area contributed by atoms with Crippen LogP contribution in [0.15, 0.2) is 48.5 Å². The topological polar surface area (TPSA) is 72.8 Å². The molecule has 0 fully saturated rings. The molecule has 2 rings (SSSR count). The van der Waals surface area contributed by atoms with Gasteiger partial charge in [0.15, 0.2) is 5.78 Å². The quantitative estimate of drug-likeness (QED) is 0.424. The van der Waals surface area contributed by atoms with Crippen molar-refractivity contribution in [1.29, 1.82) is 0 Å². The monoisotopic (exact) mass is 370 g/mol. The minimum absolute atomic E-state index is 0.0893. The lowest BCUT2D eigenvalue weighted by Gasteiger charge is -2.17. The first-order valence-corrected chi connectivity index (χ1v) is 8.97. The molecular weight excluding hydrogens is 344 g/mol. The first-order valence-electron chi connectivity index (χ1n) is 8.97. The molecule has 0 spiro atoms. The average molecular weight is 370 g/mol. The van der Waals surface area contributed by atoms with Gasteiger partial charge in [-0.2, -0.15) is 0 Å². The Hall–Kier alpha value is -2.82. The van der Waals surface area contributed by atoms with E-state index in [1.165, 1.54) is 12.1 Å². The Morgan fingerprint density at radius 1 is 1.00 bits per heavy atom. The van der Waals surface area contributed by atoms with Gasteiger partial charge in [0, 0.05) is 18.1 Å². The summed E-state index contributed by atoms with van der Waals surface area (Å²) in [4.78, 5) is 24.0. The molecule has 144 valence electrons. The van der Waals surface area contributed by atoms with E-state index in [-0.39, 0.29) is 41.7 Å². The maximum Gasteiger partial charge on any atom is 0.305 e. The van der Waals surface area contributed by atoms with Crippen molar-refractivity contribution in [3.05, 3.63) is 59.7 Å². The van der Waals surface area contributed by atoms with Crippen LogP contribution in [-0.2, 0) is 9.53 Å². The van der Waals surface area contributed by atoms with Crippen molar-refractivity contribution in [2.45, 2.75) is 33.6 Å². The zero-order valence-electron chi connectivity index (χ0n) is 16.0. The van der Waals surface area contributed by atoms with Gasteiger partial charge in [-0.3, -0.25) is 9.59 Å². The summed E-state index contributed by atoms with van der Waals surface area (Å²) in [5, 5.41) is 10.1. The molecule has 27 heavy (non-hydrogen) atoms. The molecular formula is C22H26O5. The Morgan fingerprint density at radius 3 is 2.33 bits per heavy atom. The molecule has 0 saturated heterocycles. The van der Waals surface area contributed by atoms with E-state index < -0.39 is 0 Å². The Balaban J connectivity index is 1.82. The van der Waals surface area contributed by atoms with E-state index in [2.05, 4.69) is 20.8 Å². The normalized spacial score (nSPS) is 11.1. The molecule has 0 aliphatic rings. The number of hydrogen-bond acceptors (Lipinski definition) is 5. The Bertz CT molecular complexity index is 775. The third-order valence-electron chi connectivity index (χ3n) is 3.94. The van der Waals surface area contributed by atoms with Crippen LogP contribution in [0.4, 0.5) is 0 Å². The van der Waals surface area contributed by atoms with Crippen molar-refractivity contribution in [1.82, 2.24) is 0 Å². The summed E-state index contributed by atoms with van der Waals surface area (Å²) in [5.41, 5.74) is 0.803. The van der Waals surface area contributed by atoms with Crippen LogP contribution < -0.4 is 4.74 Å². The second-order valence-corrected chi connectivity index (χ2v) is 7.50. The minimum atomic E-state index is -0.257. The van der Waals surface area contributed by atoms with Gasteiger partial charge in [-0.15, -0.1) is 0 Å². The van der Waals surface area contributed by atoms with Gasteiger partial charge in [0.05, 0.1) is 5.56 Å². The van der Waals surface area contributed by atoms with Crippen LogP contribution in [0.25, 0.3) is 0 Å². The summed E-state index contributed by atoms with van der Waals surface area (Å²) in [6.07, 6.45) is 1.14. The highest BCUT2D eigenvalue weighted by Gasteiger charge is 2.15. The summed E-state index contributed by atoms with van der Waals surface area (Å²) in [6.45, 7) is 6.52. The van der Waals surface area contributed by atoms with E-state index in [1.807, 2.05) is 6.07 Å². The highest BCUT2D eigenvalue weighted by Crippen LogP contribution is 2.26. The van der Waals surface area contributed by atoms with Gasteiger partial charge in [-0.1, -0.05) is 51.1 Å². The van der Waals surface area contributed by atoms with Gasteiger partial charge in [0.2, 0.25) is 0 Å². The zero-order valence-corrected chi connectivity index (χ0v) is 16.0. The maximum atomic E-state index is 12.4. The van der Waals surface area contributed by atoms with Crippen molar-refractivity contribution in [3.8, 4) is 11.5 Å². The van der Waals surface area contributed by atoms with Crippen LogP contribution in [0.3, 0.4) is 0 Å². The molecule has 2 aromatic carbocycles. The molecule has 0 bridgehead atoms. The third-order valence-corrected chi connectivity index (χ3v) is 3.94. The van der Waals surface area contributed by atoms with Crippen molar-refractivity contribution >= 4 is 11.8 Å². The van der Waals surface area contributed by atoms with E-state index in [1.54, 1.807) is 30.3 Å². The van der Waals surface area contributed by atoms with Crippen LogP contribution in [-0.4, -0.2) is 30.1 Å². The molecule has 0 aromatic heterocycles. The Morgan fingerprint density at radius 2 is 1.70 bits per heavy atom. The number of phenols is 1. The summed E-state index contributed by atoms with van der Waals surface area (Å²) >= 11 is 0. The predicted octanol–water partition coefficient (Wildman–Crippen LogP) is 4.37. The Kier molecular flexibility index (Phi) is 6.99. The van der Waals surface area contributed by atoms with E-state index in [0.29, 0.717) is 17.7 Å². The van der Waals surface area contributed by atoms with Gasteiger partial charge in [-0.05, 0) is 24.0 Å². The predicted molar refractivity (Wildman–Crippen MR) is 103 cm³/mol. The summed E-state index contributed by atoms with van der Waals surface area (Å²) in [6, 6.07) is 13.3. The number of phenolic OH excluding ortho intramolecular Hbond substituents is 1. The maximum absolute atomic E-state index is 12.4. The number of aromatic hydroxyl groups is 1. The fourth-order valence-electron chi connectivity index (χ4n) is 2.40. The van der Waals surface area contributed by atoms with Gasteiger partial charge >= 0.3 is 5.97 Å². The smallest absolute Gasteiger partial charge is 0.305 e. The Labute approximate surface area is 159 Å². The zero-order chi connectivity index (χ0) is 19.9. The number of carbonyl (C=O) groups is 2. The number of esters is 1. The molecule has 0 amide bonds. The first kappa shape index (κ1) is 20.5. The van der Waals surface area contributed by atoms with Gasteiger partial charge in [-0.25, -0.2) is 0 Å². The van der Waals surface area contributed by atoms with Crippen LogP contribution >= 0.6 is 0 Å².